The number of carbonyl (C=O) groups is 1. The highest BCUT2D eigenvalue weighted by atomic mass is 35.5. The lowest BCUT2D eigenvalue weighted by atomic mass is 10.0. The molecule has 0 aliphatic heterocycles. The van der Waals surface area contributed by atoms with Crippen molar-refractivity contribution in [3.63, 3.8) is 0 Å². The molecule has 0 bridgehead atoms. The number of hydrogen-bond acceptors (Lipinski definition) is 2. The summed E-state index contributed by atoms with van der Waals surface area (Å²) in [6.07, 6.45) is 8.15. The Morgan fingerprint density at radius 2 is 1.88 bits per heavy atom. The number of hydrogen-bond donors (Lipinski definition) is 0. The van der Waals surface area contributed by atoms with Gasteiger partial charge in [0.05, 0.1) is 0 Å². The SMILES string of the molecule is Cc1cnccc1C(=O)N(CC1CCCC1)c1cc(Cl)cc(Cl)c1. The van der Waals surface area contributed by atoms with Crippen molar-refractivity contribution in [1.29, 1.82) is 0 Å². The zero-order valence-corrected chi connectivity index (χ0v) is 15.1. The summed E-state index contributed by atoms with van der Waals surface area (Å²) in [5, 5.41) is 1.07. The number of nitrogens with zero attached hydrogens (tertiary/aromatic N) is 2. The van der Waals surface area contributed by atoms with Gasteiger partial charge in [0, 0.05) is 40.2 Å². The molecule has 1 aromatic heterocycles. The Bertz CT molecular complexity index is 722. The van der Waals surface area contributed by atoms with Gasteiger partial charge in [0.2, 0.25) is 0 Å². The number of amides is 1. The fourth-order valence-electron chi connectivity index (χ4n) is 3.31. The second-order valence-electron chi connectivity index (χ2n) is 6.38. The van der Waals surface area contributed by atoms with Crippen LogP contribution in [-0.2, 0) is 0 Å². The molecule has 0 atom stereocenters. The molecule has 1 heterocycles. The van der Waals surface area contributed by atoms with Crippen molar-refractivity contribution in [1.82, 2.24) is 4.98 Å². The fourth-order valence-corrected chi connectivity index (χ4v) is 3.83. The van der Waals surface area contributed by atoms with Crippen LogP contribution in [0.5, 0.6) is 0 Å². The second-order valence-corrected chi connectivity index (χ2v) is 7.26. The maximum Gasteiger partial charge on any atom is 0.258 e. The van der Waals surface area contributed by atoms with Gasteiger partial charge < -0.3 is 4.90 Å². The lowest BCUT2D eigenvalue weighted by Crippen LogP contribution is -2.35. The first kappa shape index (κ1) is 17.2. The van der Waals surface area contributed by atoms with Crippen molar-refractivity contribution >= 4 is 34.8 Å². The molecule has 0 unspecified atom stereocenters. The number of anilines is 1. The third kappa shape index (κ3) is 3.90. The molecule has 0 radical (unpaired) electrons. The molecule has 0 N–H and O–H groups in total. The van der Waals surface area contributed by atoms with E-state index in [4.69, 9.17) is 23.2 Å². The Morgan fingerprint density at radius 3 is 2.50 bits per heavy atom. The van der Waals surface area contributed by atoms with Crippen molar-refractivity contribution < 1.29 is 4.79 Å². The first-order valence-corrected chi connectivity index (χ1v) is 8.99. The molecule has 1 fully saturated rings. The van der Waals surface area contributed by atoms with Gasteiger partial charge in [0.1, 0.15) is 0 Å². The summed E-state index contributed by atoms with van der Waals surface area (Å²) in [6.45, 7) is 2.59. The summed E-state index contributed by atoms with van der Waals surface area (Å²) in [5.74, 6) is 0.494. The minimum Gasteiger partial charge on any atom is -0.308 e. The quantitative estimate of drug-likeness (QED) is 0.715. The van der Waals surface area contributed by atoms with Crippen LogP contribution in [0.25, 0.3) is 0 Å². The van der Waals surface area contributed by atoms with Gasteiger partial charge in [-0.05, 0) is 55.5 Å². The third-order valence-corrected chi connectivity index (χ3v) is 5.01. The van der Waals surface area contributed by atoms with Crippen LogP contribution in [0, 0.1) is 12.8 Å². The first-order chi connectivity index (χ1) is 11.5. The van der Waals surface area contributed by atoms with Gasteiger partial charge in [0.15, 0.2) is 0 Å². The molecule has 1 amide bonds. The number of rotatable bonds is 4. The Hall–Kier alpha value is -1.58. The van der Waals surface area contributed by atoms with E-state index in [9.17, 15) is 4.79 Å². The third-order valence-electron chi connectivity index (χ3n) is 4.57. The highest BCUT2D eigenvalue weighted by Crippen LogP contribution is 2.31. The molecule has 0 saturated heterocycles. The summed E-state index contributed by atoms with van der Waals surface area (Å²) in [6, 6.07) is 7.06. The molecule has 1 aliphatic carbocycles. The average Bonchev–Trinajstić information content (AvgIpc) is 3.04. The van der Waals surface area contributed by atoms with Crippen LogP contribution in [0.3, 0.4) is 0 Å². The van der Waals surface area contributed by atoms with Crippen molar-refractivity contribution in [2.45, 2.75) is 32.6 Å². The molecule has 1 aromatic carbocycles. The van der Waals surface area contributed by atoms with Crippen LogP contribution in [0.2, 0.25) is 10.0 Å². The summed E-state index contributed by atoms with van der Waals surface area (Å²) in [4.78, 5) is 19.1. The van der Waals surface area contributed by atoms with Gasteiger partial charge in [-0.2, -0.15) is 0 Å². The second kappa shape index (κ2) is 7.54. The van der Waals surface area contributed by atoms with Crippen molar-refractivity contribution in [2.24, 2.45) is 5.92 Å². The van der Waals surface area contributed by atoms with Crippen LogP contribution < -0.4 is 4.90 Å². The maximum atomic E-state index is 13.2. The molecule has 1 saturated carbocycles. The predicted octanol–water partition coefficient (Wildman–Crippen LogP) is 5.53. The number of benzene rings is 1. The maximum absolute atomic E-state index is 13.2. The summed E-state index contributed by atoms with van der Waals surface area (Å²) in [7, 11) is 0. The molecule has 126 valence electrons. The molecule has 3 nitrogen and oxygen atoms in total. The number of halogens is 2. The Morgan fingerprint density at radius 1 is 1.21 bits per heavy atom. The Kier molecular flexibility index (Phi) is 5.42. The summed E-state index contributed by atoms with van der Waals surface area (Å²) in [5.41, 5.74) is 2.28. The fraction of sp³-hybridized carbons (Fsp3) is 0.368. The zero-order valence-electron chi connectivity index (χ0n) is 13.6. The molecule has 2 aromatic rings. The molecule has 1 aliphatic rings. The molecular weight excluding hydrogens is 343 g/mol. The number of aryl methyl sites for hydroxylation is 1. The largest absolute Gasteiger partial charge is 0.308 e. The Balaban J connectivity index is 1.97. The number of carbonyl (C=O) groups excluding carboxylic acids is 1. The molecule has 5 heteroatoms. The van der Waals surface area contributed by atoms with Gasteiger partial charge in [-0.3, -0.25) is 9.78 Å². The van der Waals surface area contributed by atoms with Gasteiger partial charge in [0.25, 0.3) is 5.91 Å². The minimum absolute atomic E-state index is 0.0277. The predicted molar refractivity (Wildman–Crippen MR) is 99.1 cm³/mol. The normalized spacial score (nSPS) is 14.8. The number of pyridine rings is 1. The van der Waals surface area contributed by atoms with E-state index in [1.54, 1.807) is 36.7 Å². The highest BCUT2D eigenvalue weighted by molar-refractivity contribution is 6.35. The Labute approximate surface area is 152 Å². The van der Waals surface area contributed by atoms with E-state index >= 15 is 0 Å². The van der Waals surface area contributed by atoms with Crippen LogP contribution in [-0.4, -0.2) is 17.4 Å². The zero-order chi connectivity index (χ0) is 17.1. The van der Waals surface area contributed by atoms with E-state index in [0.717, 1.165) is 24.1 Å². The van der Waals surface area contributed by atoms with Crippen molar-refractivity contribution in [2.75, 3.05) is 11.4 Å². The lowest BCUT2D eigenvalue weighted by molar-refractivity contribution is 0.0982. The standard InChI is InChI=1S/C19H20Cl2N2O/c1-13-11-22-7-6-18(13)19(24)23(12-14-4-2-3-5-14)17-9-15(20)8-16(21)10-17/h6-11,14H,2-5,12H2,1H3. The monoisotopic (exact) mass is 362 g/mol. The summed E-state index contributed by atoms with van der Waals surface area (Å²) < 4.78 is 0. The molecular formula is C19H20Cl2N2O. The van der Waals surface area contributed by atoms with Crippen LogP contribution >= 0.6 is 23.2 Å². The highest BCUT2D eigenvalue weighted by Gasteiger charge is 2.25. The average molecular weight is 363 g/mol. The summed E-state index contributed by atoms with van der Waals surface area (Å²) >= 11 is 12.3. The molecule has 0 spiro atoms. The van der Waals surface area contributed by atoms with Gasteiger partial charge >= 0.3 is 0 Å². The molecule has 24 heavy (non-hydrogen) atoms. The van der Waals surface area contributed by atoms with Gasteiger partial charge in [-0.25, -0.2) is 0 Å². The van der Waals surface area contributed by atoms with E-state index in [2.05, 4.69) is 4.98 Å². The van der Waals surface area contributed by atoms with Crippen LogP contribution in [0.1, 0.15) is 41.6 Å². The van der Waals surface area contributed by atoms with Crippen molar-refractivity contribution in [3.8, 4) is 0 Å². The van der Waals surface area contributed by atoms with Crippen LogP contribution in [0.15, 0.2) is 36.7 Å². The lowest BCUT2D eigenvalue weighted by Gasteiger charge is -2.27. The van der Waals surface area contributed by atoms with Crippen LogP contribution in [0.4, 0.5) is 5.69 Å². The molecule has 3 rings (SSSR count). The van der Waals surface area contributed by atoms with Gasteiger partial charge in [-0.15, -0.1) is 0 Å². The van der Waals surface area contributed by atoms with E-state index in [1.807, 2.05) is 11.8 Å². The van der Waals surface area contributed by atoms with Gasteiger partial charge in [-0.1, -0.05) is 36.0 Å². The topological polar surface area (TPSA) is 33.2 Å². The van der Waals surface area contributed by atoms with E-state index in [0.29, 0.717) is 28.1 Å². The smallest absolute Gasteiger partial charge is 0.258 e. The number of aromatic nitrogens is 1. The minimum atomic E-state index is -0.0277. The van der Waals surface area contributed by atoms with Crippen molar-refractivity contribution in [3.05, 3.63) is 57.8 Å². The van der Waals surface area contributed by atoms with E-state index < -0.39 is 0 Å². The van der Waals surface area contributed by atoms with E-state index in [-0.39, 0.29) is 5.91 Å². The first-order valence-electron chi connectivity index (χ1n) is 8.23. The van der Waals surface area contributed by atoms with E-state index in [1.165, 1.54) is 12.8 Å².